The molecule has 10 amide bonds. The summed E-state index contributed by atoms with van der Waals surface area (Å²) < 4.78 is 0. The number of carbonyl (C=O) groups excluding carboxylic acids is 8. The van der Waals surface area contributed by atoms with Gasteiger partial charge < -0.3 is 106 Å². The molecule has 38 nitrogen and oxygen atoms in total. The van der Waals surface area contributed by atoms with Crippen LogP contribution in [0.4, 0.5) is 21.2 Å². The van der Waals surface area contributed by atoms with E-state index in [1.807, 2.05) is 5.32 Å². The Labute approximate surface area is 556 Å². The van der Waals surface area contributed by atoms with Crippen molar-refractivity contribution in [2.45, 2.75) is 139 Å². The van der Waals surface area contributed by atoms with Crippen LogP contribution in [0.2, 0.25) is 0 Å². The van der Waals surface area contributed by atoms with Crippen LogP contribution in [0.5, 0.6) is 0 Å². The molecule has 0 saturated heterocycles. The van der Waals surface area contributed by atoms with Gasteiger partial charge in [-0.25, -0.2) is 33.9 Å². The number of benzene rings is 2. The Morgan fingerprint density at radius 1 is 0.546 bits per heavy atom. The lowest BCUT2D eigenvalue weighted by Crippen LogP contribution is -2.57. The molecule has 0 aliphatic rings. The van der Waals surface area contributed by atoms with Gasteiger partial charge in [0.25, 0.3) is 5.91 Å². The van der Waals surface area contributed by atoms with Crippen molar-refractivity contribution in [2.75, 3.05) is 36.4 Å². The first-order valence-corrected chi connectivity index (χ1v) is 30.6. The minimum absolute atomic E-state index is 0.00218. The lowest BCUT2D eigenvalue weighted by molar-refractivity contribution is -0.143. The van der Waals surface area contributed by atoms with E-state index in [0.717, 1.165) is 0 Å². The fraction of sp³-hybridized carbons (Fsp3) is 0.448. The Kier molecular flexibility index (Phi) is 32.3. The third kappa shape index (κ3) is 29.3. The first kappa shape index (κ1) is 78.2. The van der Waals surface area contributed by atoms with E-state index in [-0.39, 0.29) is 106 Å². The van der Waals surface area contributed by atoms with Crippen LogP contribution in [-0.4, -0.2) is 202 Å². The van der Waals surface area contributed by atoms with Gasteiger partial charge in [0.2, 0.25) is 35.5 Å². The van der Waals surface area contributed by atoms with E-state index in [1.165, 1.54) is 30.5 Å². The minimum Gasteiger partial charge on any atom is -0.481 e. The number of aliphatic carboxylic acids is 6. The Morgan fingerprint density at radius 2 is 1.10 bits per heavy atom. The molecule has 0 spiro atoms. The molecule has 97 heavy (non-hydrogen) atoms. The monoisotopic (exact) mass is 1380 g/mol. The molecule has 4 rings (SSSR count). The maximum atomic E-state index is 13.5. The average molecular weight is 1380 g/mol. The summed E-state index contributed by atoms with van der Waals surface area (Å²) in [5.41, 5.74) is 12.7. The number of rotatable bonds is 44. The van der Waals surface area contributed by atoms with Gasteiger partial charge in [-0.15, -0.1) is 0 Å². The maximum Gasteiger partial charge on any atom is 0.326 e. The number of unbranched alkanes of at least 4 members (excludes halogenated alkanes) is 2. The van der Waals surface area contributed by atoms with Crippen LogP contribution in [0.15, 0.2) is 59.5 Å². The molecule has 2 aromatic heterocycles. The van der Waals surface area contributed by atoms with E-state index in [0.29, 0.717) is 35.3 Å². The highest BCUT2D eigenvalue weighted by Gasteiger charge is 2.32. The molecule has 7 atom stereocenters. The fourth-order valence-corrected chi connectivity index (χ4v) is 9.18. The molecule has 39 heteroatoms. The SMILES string of the molecule is NC(=O)[C@H](CCCCNC(=O)CC[C@H](NC(=O)c1ccc(NCc2cnc3[nH]c(N)nc(=O)c3n2)cc1)C(=O)O)NC[C@H](CS)NC(=O)[C@H](CC(=O)O)NC(=O)[C@H](CC(=O)O)NC(=O)Cc1ccc(CNC(=O)NCCCC[C@H](NC(=O)N[C@@H](CCC(=O)O)C(=O)O)C(=O)O)cc1. The first-order chi connectivity index (χ1) is 46.0. The van der Waals surface area contributed by atoms with Gasteiger partial charge in [0, 0.05) is 56.0 Å². The predicted octanol–water partition coefficient (Wildman–Crippen LogP) is -2.78. The first-order valence-electron chi connectivity index (χ1n) is 30.0. The summed E-state index contributed by atoms with van der Waals surface area (Å²) >= 11 is 4.24. The predicted molar refractivity (Wildman–Crippen MR) is 342 cm³/mol. The second kappa shape index (κ2) is 40.1. The summed E-state index contributed by atoms with van der Waals surface area (Å²) in [7, 11) is 0. The zero-order valence-electron chi connectivity index (χ0n) is 51.9. The van der Waals surface area contributed by atoms with Gasteiger partial charge in [0.15, 0.2) is 11.2 Å². The number of fused-ring (bicyclic) bond motifs is 1. The van der Waals surface area contributed by atoms with Crippen LogP contribution in [0, 0.1) is 0 Å². The molecule has 0 bridgehead atoms. The van der Waals surface area contributed by atoms with Gasteiger partial charge >= 0.3 is 53.4 Å². The number of carbonyl (C=O) groups is 14. The molecule has 0 aliphatic heterocycles. The van der Waals surface area contributed by atoms with Crippen molar-refractivity contribution < 1.29 is 97.8 Å². The van der Waals surface area contributed by atoms with E-state index < -0.39 is 157 Å². The number of hydrogen-bond acceptors (Lipinski definition) is 22. The highest BCUT2D eigenvalue weighted by atomic mass is 32.1. The third-order valence-corrected chi connectivity index (χ3v) is 14.5. The van der Waals surface area contributed by atoms with E-state index in [9.17, 15) is 97.5 Å². The number of nitrogens with one attached hydrogen (secondary N) is 12. The van der Waals surface area contributed by atoms with E-state index in [1.54, 1.807) is 24.3 Å². The van der Waals surface area contributed by atoms with Crippen molar-refractivity contribution in [3.05, 3.63) is 87.5 Å². The van der Waals surface area contributed by atoms with Crippen molar-refractivity contribution in [2.24, 2.45) is 5.73 Å². The molecule has 22 N–H and O–H groups in total. The Hall–Kier alpha value is -11.2. The van der Waals surface area contributed by atoms with Crippen LogP contribution in [0.25, 0.3) is 11.2 Å². The van der Waals surface area contributed by atoms with Crippen LogP contribution in [0.3, 0.4) is 0 Å². The number of nitrogens with zero attached hydrogens (tertiary/aromatic N) is 3. The van der Waals surface area contributed by atoms with Gasteiger partial charge in [-0.05, 0) is 86.8 Å². The molecular weight excluding hydrogens is 1300 g/mol. The summed E-state index contributed by atoms with van der Waals surface area (Å²) in [6, 6.07) is 0.526. The number of amides is 10. The topological polar surface area (TPSA) is 616 Å². The van der Waals surface area contributed by atoms with Gasteiger partial charge in [0.05, 0.1) is 49.8 Å². The number of anilines is 2. The van der Waals surface area contributed by atoms with Crippen LogP contribution in [0.1, 0.15) is 104 Å². The molecule has 0 fully saturated rings. The molecular formula is C58H77N17O21S. The van der Waals surface area contributed by atoms with Crippen LogP contribution >= 0.6 is 12.6 Å². The molecule has 526 valence electrons. The smallest absolute Gasteiger partial charge is 0.326 e. The Bertz CT molecular complexity index is 3530. The number of H-pyrrole nitrogens is 1. The van der Waals surface area contributed by atoms with Crippen molar-refractivity contribution in [3.8, 4) is 0 Å². The standard InChI is InChI=1S/C58H77N17O21S/c59-47(84)35(5-1-3-19-61-41(76)17-15-37(54(91)92)70-49(85)31-11-13-32(14-12-31)63-25-33-26-65-48-46(67-33)52(88)75-56(60)74-48)64-27-34(28-97)68-50(86)40(23-45(82)83)71-51(87)39(22-44(80)81)69-42(77)21-29-7-9-30(10-8-29)24-66-57(95)62-20-4-2-6-36(53(89)90)72-58(96)73-38(55(93)94)16-18-43(78)79/h7-14,26,34-40,63-64,97H,1-6,15-25,27-28H2,(H2,59,84)(H,61,76)(H,68,86)(H,69,77)(H,70,85)(H,71,87)(H,78,79)(H,80,81)(H,82,83)(H,89,90)(H,91,92)(H,93,94)(H2,62,66,95)(H2,72,73,96)(H3,60,65,74,75,88)/t34-,35+,36+,37+,38+,39+,40+/m1/s1. The van der Waals surface area contributed by atoms with Crippen molar-refractivity contribution >= 4 is 119 Å². The largest absolute Gasteiger partial charge is 0.481 e. The quantitative estimate of drug-likeness (QED) is 0.0157. The molecule has 0 unspecified atom stereocenters. The number of aromatic amines is 1. The van der Waals surface area contributed by atoms with Gasteiger partial charge in [-0.2, -0.15) is 17.6 Å². The summed E-state index contributed by atoms with van der Waals surface area (Å²) in [4.78, 5) is 199. The molecule has 0 aliphatic carbocycles. The maximum absolute atomic E-state index is 13.5. The molecule has 2 heterocycles. The number of carboxylic acids is 6. The Balaban J connectivity index is 1.16. The number of aromatic nitrogens is 4. The lowest BCUT2D eigenvalue weighted by atomic mass is 10.1. The van der Waals surface area contributed by atoms with Gasteiger partial charge in [-0.1, -0.05) is 24.3 Å². The number of primary amides is 1. The molecule has 4 aromatic rings. The zero-order chi connectivity index (χ0) is 71.7. The molecule has 0 saturated carbocycles. The van der Waals surface area contributed by atoms with E-state index in [4.69, 9.17) is 16.6 Å². The lowest BCUT2D eigenvalue weighted by Gasteiger charge is -2.25. The summed E-state index contributed by atoms with van der Waals surface area (Å²) in [6.07, 6.45) is -1.26. The summed E-state index contributed by atoms with van der Waals surface area (Å²) in [5.74, 6) is -14.0. The average Bonchev–Trinajstić information content (AvgIpc) is 0.817. The normalized spacial score (nSPS) is 13.0. The van der Waals surface area contributed by atoms with Gasteiger partial charge in [0.1, 0.15) is 30.2 Å². The van der Waals surface area contributed by atoms with Gasteiger partial charge in [-0.3, -0.25) is 47.9 Å². The Morgan fingerprint density at radius 3 is 1.69 bits per heavy atom. The second-order valence-electron chi connectivity index (χ2n) is 21.7. The third-order valence-electron chi connectivity index (χ3n) is 14.1. The van der Waals surface area contributed by atoms with Crippen LogP contribution < -0.4 is 75.5 Å². The second-order valence-corrected chi connectivity index (χ2v) is 22.1. The fourth-order valence-electron chi connectivity index (χ4n) is 8.96. The zero-order valence-corrected chi connectivity index (χ0v) is 52.8. The number of nitrogen functional groups attached to an aromatic ring is 1. The highest BCUT2D eigenvalue weighted by Crippen LogP contribution is 2.14. The van der Waals surface area contributed by atoms with Crippen molar-refractivity contribution in [1.29, 1.82) is 0 Å². The summed E-state index contributed by atoms with van der Waals surface area (Å²) in [6.45, 7) is 0.202. The number of hydrogen-bond donors (Lipinski definition) is 21. The van der Waals surface area contributed by atoms with Crippen LogP contribution in [-0.2, 0) is 72.3 Å². The van der Waals surface area contributed by atoms with E-state index >= 15 is 0 Å². The van der Waals surface area contributed by atoms with E-state index in [2.05, 4.69) is 85.7 Å². The molecule has 2 aromatic carbocycles. The number of thiol groups is 1. The van der Waals surface area contributed by atoms with Crippen molar-refractivity contribution in [3.63, 3.8) is 0 Å². The number of urea groups is 2. The van der Waals surface area contributed by atoms with Crippen molar-refractivity contribution in [1.82, 2.24) is 73.1 Å². The minimum atomic E-state index is -1.81. The number of carboxylic acid groups (broad SMARTS) is 6. The highest BCUT2D eigenvalue weighted by molar-refractivity contribution is 7.80. The molecule has 0 radical (unpaired) electrons. The summed E-state index contributed by atoms with van der Waals surface area (Å²) in [5, 5.41) is 83.8. The number of nitrogens with two attached hydrogens (primary N) is 2.